The number of amides is 1. The molecule has 0 saturated carbocycles. The number of nitrogens with one attached hydrogen (secondary N) is 2. The van der Waals surface area contributed by atoms with E-state index in [0.717, 1.165) is 11.4 Å². The molecule has 3 aromatic rings. The molecule has 0 spiro atoms. The van der Waals surface area contributed by atoms with Gasteiger partial charge in [0.2, 0.25) is 5.91 Å². The van der Waals surface area contributed by atoms with Gasteiger partial charge in [0.1, 0.15) is 11.5 Å². The van der Waals surface area contributed by atoms with E-state index < -0.39 is 0 Å². The fourth-order valence-electron chi connectivity index (χ4n) is 2.32. The largest absolute Gasteiger partial charge is 0.457 e. The zero-order chi connectivity index (χ0) is 18.2. The lowest BCUT2D eigenvalue weighted by atomic mass is 10.2. The van der Waals surface area contributed by atoms with Gasteiger partial charge < -0.3 is 15.4 Å². The molecule has 0 aliphatic rings. The van der Waals surface area contributed by atoms with Crippen molar-refractivity contribution in [2.75, 3.05) is 17.2 Å². The lowest BCUT2D eigenvalue weighted by Crippen LogP contribution is -2.21. The molecule has 0 fully saturated rings. The normalized spacial score (nSPS) is 9.81. The first-order valence-corrected chi connectivity index (χ1v) is 8.10. The first kappa shape index (κ1) is 17.1. The molecule has 1 amide bonds. The molecule has 0 radical (unpaired) electrons. The molecule has 0 aliphatic heterocycles. The van der Waals surface area contributed by atoms with Crippen LogP contribution in [-0.4, -0.2) is 12.5 Å². The molecule has 0 saturated heterocycles. The lowest BCUT2D eigenvalue weighted by Gasteiger charge is -2.09. The summed E-state index contributed by atoms with van der Waals surface area (Å²) in [5.74, 6) is 1.28. The smallest absolute Gasteiger partial charge is 0.243 e. The third-order valence-electron chi connectivity index (χ3n) is 3.56. The zero-order valence-electron chi connectivity index (χ0n) is 14.0. The quantitative estimate of drug-likeness (QED) is 0.695. The van der Waals surface area contributed by atoms with Gasteiger partial charge in [0.25, 0.3) is 0 Å². The monoisotopic (exact) mass is 343 g/mol. The summed E-state index contributed by atoms with van der Waals surface area (Å²) in [5.41, 5.74) is 1.96. The highest BCUT2D eigenvalue weighted by Crippen LogP contribution is 2.22. The van der Waals surface area contributed by atoms with Crippen molar-refractivity contribution in [1.82, 2.24) is 0 Å². The summed E-state index contributed by atoms with van der Waals surface area (Å²) >= 11 is 0. The molecule has 5 heteroatoms. The second-order valence-electron chi connectivity index (χ2n) is 5.53. The maximum Gasteiger partial charge on any atom is 0.243 e. The highest BCUT2D eigenvalue weighted by atomic mass is 16.5. The van der Waals surface area contributed by atoms with Gasteiger partial charge in [-0.2, -0.15) is 5.26 Å². The average Bonchev–Trinajstić information content (AvgIpc) is 2.69. The number of nitriles is 1. The van der Waals surface area contributed by atoms with Gasteiger partial charge in [-0.05, 0) is 54.6 Å². The predicted molar refractivity (Wildman–Crippen MR) is 101 cm³/mol. The minimum Gasteiger partial charge on any atom is -0.457 e. The number of carbonyl (C=O) groups excluding carboxylic acids is 1. The van der Waals surface area contributed by atoms with Crippen molar-refractivity contribution in [2.24, 2.45) is 0 Å². The van der Waals surface area contributed by atoms with Crippen LogP contribution in [0.1, 0.15) is 5.56 Å². The molecule has 26 heavy (non-hydrogen) atoms. The first-order valence-electron chi connectivity index (χ1n) is 8.10. The van der Waals surface area contributed by atoms with Crippen LogP contribution >= 0.6 is 0 Å². The van der Waals surface area contributed by atoms with E-state index in [2.05, 4.69) is 16.7 Å². The molecule has 128 valence electrons. The van der Waals surface area contributed by atoms with Crippen molar-refractivity contribution in [3.05, 3.63) is 84.4 Å². The number of benzene rings is 3. The van der Waals surface area contributed by atoms with Gasteiger partial charge in [0.05, 0.1) is 18.2 Å². The fraction of sp³-hybridized carbons (Fsp3) is 0.0476. The number of rotatable bonds is 6. The first-order chi connectivity index (χ1) is 12.7. The molecule has 0 unspecified atom stereocenters. The maximum absolute atomic E-state index is 12.0. The molecule has 0 aliphatic carbocycles. The molecule has 0 atom stereocenters. The Morgan fingerprint density at radius 3 is 2.35 bits per heavy atom. The molecule has 0 aromatic heterocycles. The van der Waals surface area contributed by atoms with E-state index in [1.165, 1.54) is 0 Å². The van der Waals surface area contributed by atoms with Crippen LogP contribution in [0.4, 0.5) is 11.4 Å². The third kappa shape index (κ3) is 4.86. The second-order valence-corrected chi connectivity index (χ2v) is 5.53. The molecule has 3 rings (SSSR count). The van der Waals surface area contributed by atoms with Crippen molar-refractivity contribution >= 4 is 17.3 Å². The van der Waals surface area contributed by atoms with Crippen molar-refractivity contribution in [3.63, 3.8) is 0 Å². The fourth-order valence-corrected chi connectivity index (χ4v) is 2.32. The maximum atomic E-state index is 12.0. The van der Waals surface area contributed by atoms with E-state index in [9.17, 15) is 4.79 Å². The van der Waals surface area contributed by atoms with Crippen LogP contribution in [0.3, 0.4) is 0 Å². The Morgan fingerprint density at radius 2 is 1.62 bits per heavy atom. The van der Waals surface area contributed by atoms with E-state index in [1.54, 1.807) is 42.5 Å². The van der Waals surface area contributed by atoms with E-state index >= 15 is 0 Å². The SMILES string of the molecule is N#Cc1cccc(NCC(=O)Nc2ccc(Oc3ccccc3)cc2)c1. The molecule has 0 bridgehead atoms. The lowest BCUT2D eigenvalue weighted by molar-refractivity contribution is -0.114. The third-order valence-corrected chi connectivity index (χ3v) is 3.56. The van der Waals surface area contributed by atoms with Crippen LogP contribution in [0.5, 0.6) is 11.5 Å². The molecule has 2 N–H and O–H groups in total. The highest BCUT2D eigenvalue weighted by molar-refractivity contribution is 5.93. The van der Waals surface area contributed by atoms with Crippen LogP contribution in [-0.2, 0) is 4.79 Å². The van der Waals surface area contributed by atoms with Crippen LogP contribution in [0.15, 0.2) is 78.9 Å². The number of hydrogen-bond donors (Lipinski definition) is 2. The van der Waals surface area contributed by atoms with Crippen LogP contribution in [0, 0.1) is 11.3 Å². The minimum atomic E-state index is -0.177. The topological polar surface area (TPSA) is 74.2 Å². The number of anilines is 2. The summed E-state index contributed by atoms with van der Waals surface area (Å²) in [5, 5.41) is 14.7. The Bertz CT molecular complexity index is 916. The predicted octanol–water partition coefficient (Wildman–Crippen LogP) is 4.40. The summed E-state index contributed by atoms with van der Waals surface area (Å²) in [6, 6.07) is 25.7. The molecular formula is C21H17N3O2. The molecule has 3 aromatic carbocycles. The van der Waals surface area contributed by atoms with Gasteiger partial charge >= 0.3 is 0 Å². The van der Waals surface area contributed by atoms with Gasteiger partial charge in [-0.3, -0.25) is 4.79 Å². The average molecular weight is 343 g/mol. The Kier molecular flexibility index (Phi) is 5.48. The summed E-state index contributed by atoms with van der Waals surface area (Å²) < 4.78 is 5.71. The standard InChI is InChI=1S/C21H17N3O2/c22-14-16-5-4-6-18(13-16)23-15-21(25)24-17-9-11-20(12-10-17)26-19-7-2-1-3-8-19/h1-13,23H,15H2,(H,24,25). The summed E-state index contributed by atoms with van der Waals surface area (Å²) in [4.78, 5) is 12.0. The van der Waals surface area contributed by atoms with Crippen molar-refractivity contribution in [2.45, 2.75) is 0 Å². The van der Waals surface area contributed by atoms with E-state index in [1.807, 2.05) is 36.4 Å². The summed E-state index contributed by atoms with van der Waals surface area (Å²) in [7, 11) is 0. The van der Waals surface area contributed by atoms with Gasteiger partial charge in [-0.25, -0.2) is 0 Å². The van der Waals surface area contributed by atoms with Gasteiger partial charge in [-0.1, -0.05) is 24.3 Å². The Hall–Kier alpha value is -3.78. The molecule has 5 nitrogen and oxygen atoms in total. The minimum absolute atomic E-state index is 0.108. The number of ether oxygens (including phenoxy) is 1. The molecular weight excluding hydrogens is 326 g/mol. The van der Waals surface area contributed by atoms with Crippen molar-refractivity contribution in [1.29, 1.82) is 5.26 Å². The van der Waals surface area contributed by atoms with Gasteiger partial charge in [0.15, 0.2) is 0 Å². The van der Waals surface area contributed by atoms with Gasteiger partial charge in [-0.15, -0.1) is 0 Å². The van der Waals surface area contributed by atoms with Crippen LogP contribution in [0.2, 0.25) is 0 Å². The number of hydrogen-bond acceptors (Lipinski definition) is 4. The van der Waals surface area contributed by atoms with E-state index in [4.69, 9.17) is 10.00 Å². The van der Waals surface area contributed by atoms with Crippen LogP contribution < -0.4 is 15.4 Å². The van der Waals surface area contributed by atoms with E-state index in [0.29, 0.717) is 17.0 Å². The number of carbonyl (C=O) groups is 1. The Labute approximate surface area is 151 Å². The summed E-state index contributed by atoms with van der Waals surface area (Å²) in [6.07, 6.45) is 0. The van der Waals surface area contributed by atoms with Gasteiger partial charge in [0, 0.05) is 11.4 Å². The van der Waals surface area contributed by atoms with Crippen molar-refractivity contribution < 1.29 is 9.53 Å². The Morgan fingerprint density at radius 1 is 0.885 bits per heavy atom. The molecule has 0 heterocycles. The van der Waals surface area contributed by atoms with Crippen LogP contribution in [0.25, 0.3) is 0 Å². The number of nitrogens with zero attached hydrogens (tertiary/aromatic N) is 1. The summed E-state index contributed by atoms with van der Waals surface area (Å²) in [6.45, 7) is 0.108. The second kappa shape index (κ2) is 8.36. The zero-order valence-corrected chi connectivity index (χ0v) is 14.0. The number of para-hydroxylation sites is 1. The highest BCUT2D eigenvalue weighted by Gasteiger charge is 2.04. The van der Waals surface area contributed by atoms with E-state index in [-0.39, 0.29) is 12.5 Å². The Balaban J connectivity index is 1.52. The van der Waals surface area contributed by atoms with Crippen molar-refractivity contribution in [3.8, 4) is 17.6 Å².